The number of rotatable bonds is 6. The lowest BCUT2D eigenvalue weighted by Crippen LogP contribution is -2.19. The first-order chi connectivity index (χ1) is 9.70. The summed E-state index contributed by atoms with van der Waals surface area (Å²) in [5, 5.41) is 3.50. The van der Waals surface area contributed by atoms with Gasteiger partial charge in [0.1, 0.15) is 11.5 Å². The zero-order valence-electron chi connectivity index (χ0n) is 11.9. The summed E-state index contributed by atoms with van der Waals surface area (Å²) in [5.74, 6) is 1.80. The number of para-hydroxylation sites is 1. The quantitative estimate of drug-likeness (QED) is 0.700. The Morgan fingerprint density at radius 1 is 1.15 bits per heavy atom. The van der Waals surface area contributed by atoms with E-state index in [0.29, 0.717) is 0 Å². The maximum absolute atomic E-state index is 6.05. The minimum atomic E-state index is 0.286. The van der Waals surface area contributed by atoms with Gasteiger partial charge in [-0.1, -0.05) is 31.2 Å². The molecule has 106 valence electrons. The van der Waals surface area contributed by atoms with Crippen LogP contribution < -0.4 is 10.1 Å². The van der Waals surface area contributed by atoms with Gasteiger partial charge in [-0.3, -0.25) is 0 Å². The van der Waals surface area contributed by atoms with E-state index in [2.05, 4.69) is 60.0 Å². The molecule has 0 aliphatic heterocycles. The van der Waals surface area contributed by atoms with Gasteiger partial charge >= 0.3 is 0 Å². The summed E-state index contributed by atoms with van der Waals surface area (Å²) < 4.78 is 7.22. The van der Waals surface area contributed by atoms with Crippen LogP contribution in [0.5, 0.6) is 11.5 Å². The Kier molecular flexibility index (Phi) is 5.86. The van der Waals surface area contributed by atoms with E-state index < -0.39 is 0 Å². The summed E-state index contributed by atoms with van der Waals surface area (Å²) in [5.41, 5.74) is 1.19. The molecule has 0 bridgehead atoms. The number of hydrogen-bond donors (Lipinski definition) is 1. The Bertz CT molecular complexity index is 556. The third kappa shape index (κ3) is 4.21. The SMILES string of the molecule is CCCNC(C)c1ccccc1Oc1cccc(I)c1. The molecule has 0 aliphatic rings. The fourth-order valence-corrected chi connectivity index (χ4v) is 2.57. The lowest BCUT2D eigenvalue weighted by molar-refractivity contribution is 0.460. The van der Waals surface area contributed by atoms with Gasteiger partial charge in [0, 0.05) is 15.2 Å². The first-order valence-electron chi connectivity index (χ1n) is 6.96. The number of halogens is 1. The normalized spacial score (nSPS) is 12.2. The van der Waals surface area contributed by atoms with Crippen LogP contribution in [0.4, 0.5) is 0 Å². The van der Waals surface area contributed by atoms with Gasteiger partial charge in [0.25, 0.3) is 0 Å². The van der Waals surface area contributed by atoms with Gasteiger partial charge in [-0.2, -0.15) is 0 Å². The Labute approximate surface area is 134 Å². The van der Waals surface area contributed by atoms with Gasteiger partial charge in [-0.15, -0.1) is 0 Å². The van der Waals surface area contributed by atoms with Crippen LogP contribution in [0.25, 0.3) is 0 Å². The molecule has 0 saturated carbocycles. The molecule has 3 heteroatoms. The van der Waals surface area contributed by atoms with Crippen molar-refractivity contribution in [1.29, 1.82) is 0 Å². The Balaban J connectivity index is 2.19. The molecular formula is C17H20INO. The van der Waals surface area contributed by atoms with Crippen LogP contribution in [0.1, 0.15) is 31.9 Å². The monoisotopic (exact) mass is 381 g/mol. The van der Waals surface area contributed by atoms with Crippen LogP contribution in [0.15, 0.2) is 48.5 Å². The molecule has 0 saturated heterocycles. The predicted octanol–water partition coefficient (Wildman–Crippen LogP) is 5.14. The van der Waals surface area contributed by atoms with E-state index in [9.17, 15) is 0 Å². The van der Waals surface area contributed by atoms with Crippen molar-refractivity contribution in [3.8, 4) is 11.5 Å². The smallest absolute Gasteiger partial charge is 0.132 e. The third-order valence-corrected chi connectivity index (χ3v) is 3.78. The summed E-state index contributed by atoms with van der Waals surface area (Å²) >= 11 is 2.30. The second-order valence-corrected chi connectivity index (χ2v) is 6.02. The molecule has 2 aromatic carbocycles. The van der Waals surface area contributed by atoms with E-state index >= 15 is 0 Å². The summed E-state index contributed by atoms with van der Waals surface area (Å²) in [7, 11) is 0. The van der Waals surface area contributed by atoms with Gasteiger partial charge in [-0.05, 0) is 66.7 Å². The van der Waals surface area contributed by atoms with Crippen LogP contribution >= 0.6 is 22.6 Å². The molecule has 0 heterocycles. The molecular weight excluding hydrogens is 361 g/mol. The van der Waals surface area contributed by atoms with Crippen LogP contribution in [0, 0.1) is 3.57 Å². The van der Waals surface area contributed by atoms with Crippen molar-refractivity contribution in [1.82, 2.24) is 5.32 Å². The van der Waals surface area contributed by atoms with Crippen molar-refractivity contribution >= 4 is 22.6 Å². The standard InChI is InChI=1S/C17H20INO/c1-3-11-19-13(2)16-9-4-5-10-17(16)20-15-8-6-7-14(18)12-15/h4-10,12-13,19H,3,11H2,1-2H3. The Morgan fingerprint density at radius 3 is 2.70 bits per heavy atom. The van der Waals surface area contributed by atoms with E-state index in [-0.39, 0.29) is 6.04 Å². The number of hydrogen-bond acceptors (Lipinski definition) is 2. The van der Waals surface area contributed by atoms with E-state index in [0.717, 1.165) is 24.5 Å². The van der Waals surface area contributed by atoms with E-state index in [1.807, 2.05) is 30.3 Å². The molecule has 1 N–H and O–H groups in total. The fourth-order valence-electron chi connectivity index (χ4n) is 2.06. The lowest BCUT2D eigenvalue weighted by atomic mass is 10.1. The maximum Gasteiger partial charge on any atom is 0.132 e. The molecule has 0 aliphatic carbocycles. The number of nitrogens with one attached hydrogen (secondary N) is 1. The second kappa shape index (κ2) is 7.64. The zero-order chi connectivity index (χ0) is 14.4. The number of benzene rings is 2. The molecule has 1 atom stereocenters. The second-order valence-electron chi connectivity index (χ2n) is 4.77. The number of ether oxygens (including phenoxy) is 1. The average Bonchev–Trinajstić information content (AvgIpc) is 2.45. The van der Waals surface area contributed by atoms with Crippen molar-refractivity contribution in [3.63, 3.8) is 0 Å². The highest BCUT2D eigenvalue weighted by Gasteiger charge is 2.11. The van der Waals surface area contributed by atoms with Gasteiger partial charge in [0.2, 0.25) is 0 Å². The molecule has 0 amide bonds. The van der Waals surface area contributed by atoms with Crippen LogP contribution in [0.3, 0.4) is 0 Å². The van der Waals surface area contributed by atoms with Gasteiger partial charge in [-0.25, -0.2) is 0 Å². The minimum absolute atomic E-state index is 0.286. The third-order valence-electron chi connectivity index (χ3n) is 3.11. The van der Waals surface area contributed by atoms with Crippen LogP contribution in [0.2, 0.25) is 0 Å². The Morgan fingerprint density at radius 2 is 1.95 bits per heavy atom. The van der Waals surface area contributed by atoms with Crippen LogP contribution in [-0.4, -0.2) is 6.54 Å². The zero-order valence-corrected chi connectivity index (χ0v) is 14.1. The largest absolute Gasteiger partial charge is 0.457 e. The van der Waals surface area contributed by atoms with Crippen molar-refractivity contribution in [2.75, 3.05) is 6.54 Å². The van der Waals surface area contributed by atoms with E-state index in [1.54, 1.807) is 0 Å². The summed E-state index contributed by atoms with van der Waals surface area (Å²) in [6, 6.07) is 16.6. The fraction of sp³-hybridized carbons (Fsp3) is 0.294. The molecule has 0 fully saturated rings. The molecule has 2 rings (SSSR count). The van der Waals surface area contributed by atoms with Crippen molar-refractivity contribution in [2.45, 2.75) is 26.3 Å². The molecule has 2 aromatic rings. The summed E-state index contributed by atoms with van der Waals surface area (Å²) in [6.07, 6.45) is 1.13. The van der Waals surface area contributed by atoms with Crippen LogP contribution in [-0.2, 0) is 0 Å². The predicted molar refractivity (Wildman–Crippen MR) is 92.4 cm³/mol. The molecule has 0 aromatic heterocycles. The lowest BCUT2D eigenvalue weighted by Gasteiger charge is -2.18. The van der Waals surface area contributed by atoms with Crippen molar-refractivity contribution in [3.05, 3.63) is 57.7 Å². The highest BCUT2D eigenvalue weighted by Crippen LogP contribution is 2.30. The molecule has 1 unspecified atom stereocenters. The summed E-state index contributed by atoms with van der Waals surface area (Å²) in [6.45, 7) is 5.36. The van der Waals surface area contributed by atoms with Crippen molar-refractivity contribution in [2.24, 2.45) is 0 Å². The van der Waals surface area contributed by atoms with Gasteiger partial charge in [0.05, 0.1) is 0 Å². The average molecular weight is 381 g/mol. The summed E-state index contributed by atoms with van der Waals surface area (Å²) in [4.78, 5) is 0. The first kappa shape index (κ1) is 15.3. The topological polar surface area (TPSA) is 21.3 Å². The minimum Gasteiger partial charge on any atom is -0.457 e. The molecule has 20 heavy (non-hydrogen) atoms. The molecule has 2 nitrogen and oxygen atoms in total. The van der Waals surface area contributed by atoms with Gasteiger partial charge in [0.15, 0.2) is 0 Å². The van der Waals surface area contributed by atoms with E-state index in [1.165, 1.54) is 9.13 Å². The Hall–Kier alpha value is -1.07. The highest BCUT2D eigenvalue weighted by molar-refractivity contribution is 14.1. The van der Waals surface area contributed by atoms with Crippen molar-refractivity contribution < 1.29 is 4.74 Å². The molecule has 0 radical (unpaired) electrons. The van der Waals surface area contributed by atoms with E-state index in [4.69, 9.17) is 4.74 Å². The maximum atomic E-state index is 6.05. The first-order valence-corrected chi connectivity index (χ1v) is 8.04. The molecule has 0 spiro atoms. The highest BCUT2D eigenvalue weighted by atomic mass is 127. The van der Waals surface area contributed by atoms with Gasteiger partial charge < -0.3 is 10.1 Å².